The molecule has 2 fully saturated rings. The van der Waals surface area contributed by atoms with Gasteiger partial charge < -0.3 is 5.32 Å². The zero-order valence-corrected chi connectivity index (χ0v) is 14.2. The van der Waals surface area contributed by atoms with Gasteiger partial charge >= 0.3 is 0 Å². The third kappa shape index (κ3) is 3.38. The van der Waals surface area contributed by atoms with Gasteiger partial charge in [-0.15, -0.1) is 11.3 Å². The van der Waals surface area contributed by atoms with Gasteiger partial charge in [0.15, 0.2) is 5.78 Å². The maximum absolute atomic E-state index is 12.5. The van der Waals surface area contributed by atoms with Crippen molar-refractivity contribution in [2.45, 2.75) is 57.0 Å². The number of rotatable bonds is 6. The van der Waals surface area contributed by atoms with E-state index in [1.165, 1.54) is 31.2 Å². The van der Waals surface area contributed by atoms with Crippen molar-refractivity contribution in [1.29, 1.82) is 0 Å². The van der Waals surface area contributed by atoms with Crippen LogP contribution in [0.25, 0.3) is 0 Å². The second-order valence-electron chi connectivity index (χ2n) is 6.81. The van der Waals surface area contributed by atoms with Gasteiger partial charge in [-0.1, -0.05) is 24.6 Å². The van der Waals surface area contributed by atoms with Gasteiger partial charge in [0.05, 0.1) is 5.01 Å². The minimum atomic E-state index is 0.194. The van der Waals surface area contributed by atoms with Crippen LogP contribution in [-0.4, -0.2) is 22.9 Å². The highest BCUT2D eigenvalue weighted by atomic mass is 32.1. The standard InChI is InChI=1S/C19H22N2OS/c1-12-20-11-16(23-12)9-19(22)14-5-2-4-13(8-14)17-10-18(17)21-15-6-3-7-15/h2,4-5,8,11,15,17-18,21H,3,6-7,9-10H2,1H3. The van der Waals surface area contributed by atoms with E-state index in [4.69, 9.17) is 0 Å². The van der Waals surface area contributed by atoms with Gasteiger partial charge in [0, 0.05) is 41.1 Å². The van der Waals surface area contributed by atoms with E-state index in [1.54, 1.807) is 11.3 Å². The van der Waals surface area contributed by atoms with Crippen molar-refractivity contribution in [2.75, 3.05) is 0 Å². The molecule has 120 valence electrons. The fraction of sp³-hybridized carbons (Fsp3) is 0.474. The Labute approximate surface area is 141 Å². The molecule has 3 nitrogen and oxygen atoms in total. The van der Waals surface area contributed by atoms with Crippen LogP contribution < -0.4 is 5.32 Å². The predicted octanol–water partition coefficient (Wildman–Crippen LogP) is 3.87. The number of nitrogens with one attached hydrogen (secondary N) is 1. The number of carbonyl (C=O) groups excluding carboxylic acids is 1. The normalized spacial score (nSPS) is 23.5. The molecule has 23 heavy (non-hydrogen) atoms. The molecule has 1 aromatic carbocycles. The highest BCUT2D eigenvalue weighted by Crippen LogP contribution is 2.42. The number of nitrogens with zero attached hydrogens (tertiary/aromatic N) is 1. The molecule has 0 amide bonds. The van der Waals surface area contributed by atoms with Crippen molar-refractivity contribution in [1.82, 2.24) is 10.3 Å². The maximum Gasteiger partial charge on any atom is 0.168 e. The van der Waals surface area contributed by atoms with Crippen molar-refractivity contribution in [3.05, 3.63) is 51.5 Å². The highest BCUT2D eigenvalue weighted by Gasteiger charge is 2.40. The summed E-state index contributed by atoms with van der Waals surface area (Å²) >= 11 is 1.61. The number of Topliss-reactive ketones (excluding diaryl/α,β-unsaturated/α-hetero) is 1. The number of ketones is 1. The zero-order chi connectivity index (χ0) is 15.8. The van der Waals surface area contributed by atoms with Crippen LogP contribution in [-0.2, 0) is 6.42 Å². The molecule has 1 aromatic heterocycles. The second-order valence-corrected chi connectivity index (χ2v) is 8.13. The average Bonchev–Trinajstić information content (AvgIpc) is 3.17. The molecule has 2 aliphatic carbocycles. The quantitative estimate of drug-likeness (QED) is 0.819. The molecule has 2 unspecified atom stereocenters. The van der Waals surface area contributed by atoms with E-state index in [-0.39, 0.29) is 5.78 Å². The number of hydrogen-bond donors (Lipinski definition) is 1. The van der Waals surface area contributed by atoms with E-state index in [2.05, 4.69) is 22.4 Å². The van der Waals surface area contributed by atoms with E-state index in [0.29, 0.717) is 18.4 Å². The lowest BCUT2D eigenvalue weighted by Crippen LogP contribution is -2.37. The third-order valence-corrected chi connectivity index (χ3v) is 5.90. The van der Waals surface area contributed by atoms with Crippen LogP contribution in [0.2, 0.25) is 0 Å². The first kappa shape index (κ1) is 15.0. The number of hydrogen-bond acceptors (Lipinski definition) is 4. The van der Waals surface area contributed by atoms with Gasteiger partial charge in [-0.3, -0.25) is 4.79 Å². The molecular formula is C19H22N2OS. The van der Waals surface area contributed by atoms with Crippen molar-refractivity contribution < 1.29 is 4.79 Å². The van der Waals surface area contributed by atoms with Crippen molar-refractivity contribution >= 4 is 17.1 Å². The van der Waals surface area contributed by atoms with Crippen LogP contribution >= 0.6 is 11.3 Å². The largest absolute Gasteiger partial charge is 0.311 e. The molecule has 0 radical (unpaired) electrons. The van der Waals surface area contributed by atoms with Crippen molar-refractivity contribution in [2.24, 2.45) is 0 Å². The van der Waals surface area contributed by atoms with Crippen LogP contribution in [0.3, 0.4) is 0 Å². The summed E-state index contributed by atoms with van der Waals surface area (Å²) in [5, 5.41) is 4.76. The first-order valence-electron chi connectivity index (χ1n) is 8.49. The van der Waals surface area contributed by atoms with Gasteiger partial charge in [0.1, 0.15) is 0 Å². The molecular weight excluding hydrogens is 304 g/mol. The highest BCUT2D eigenvalue weighted by molar-refractivity contribution is 7.11. The molecule has 2 saturated carbocycles. The Morgan fingerprint density at radius 2 is 2.26 bits per heavy atom. The first-order valence-corrected chi connectivity index (χ1v) is 9.31. The molecule has 1 N–H and O–H groups in total. The smallest absolute Gasteiger partial charge is 0.168 e. The van der Waals surface area contributed by atoms with Crippen molar-refractivity contribution in [3.8, 4) is 0 Å². The summed E-state index contributed by atoms with van der Waals surface area (Å²) in [5.41, 5.74) is 2.15. The average molecular weight is 326 g/mol. The Morgan fingerprint density at radius 3 is 2.96 bits per heavy atom. The van der Waals surface area contributed by atoms with Gasteiger partial charge in [-0.2, -0.15) is 0 Å². The number of aryl methyl sites for hydroxylation is 1. The Bertz CT molecular complexity index is 720. The summed E-state index contributed by atoms with van der Waals surface area (Å²) in [7, 11) is 0. The summed E-state index contributed by atoms with van der Waals surface area (Å²) < 4.78 is 0. The summed E-state index contributed by atoms with van der Waals surface area (Å²) in [5.74, 6) is 0.786. The number of carbonyl (C=O) groups is 1. The topological polar surface area (TPSA) is 42.0 Å². The number of benzene rings is 1. The Morgan fingerprint density at radius 1 is 1.39 bits per heavy atom. The first-order chi connectivity index (χ1) is 11.2. The van der Waals surface area contributed by atoms with Crippen LogP contribution in [0.15, 0.2) is 30.5 Å². The maximum atomic E-state index is 12.5. The summed E-state index contributed by atoms with van der Waals surface area (Å²) in [6.07, 6.45) is 7.52. The molecule has 0 spiro atoms. The molecule has 2 aromatic rings. The van der Waals surface area contributed by atoms with Gasteiger partial charge in [0.2, 0.25) is 0 Å². The zero-order valence-electron chi connectivity index (χ0n) is 13.4. The van der Waals surface area contributed by atoms with Gasteiger partial charge in [0.25, 0.3) is 0 Å². The molecule has 0 saturated heterocycles. The minimum Gasteiger partial charge on any atom is -0.311 e. The molecule has 4 rings (SSSR count). The molecule has 2 atom stereocenters. The molecule has 4 heteroatoms. The third-order valence-electron chi connectivity index (χ3n) is 4.99. The van der Waals surface area contributed by atoms with E-state index >= 15 is 0 Å². The second kappa shape index (κ2) is 6.17. The molecule has 2 aliphatic rings. The summed E-state index contributed by atoms with van der Waals surface area (Å²) in [6.45, 7) is 1.97. The number of thiazole rings is 1. The summed E-state index contributed by atoms with van der Waals surface area (Å²) in [6, 6.07) is 9.60. The fourth-order valence-electron chi connectivity index (χ4n) is 3.32. The Balaban J connectivity index is 1.41. The summed E-state index contributed by atoms with van der Waals surface area (Å²) in [4.78, 5) is 17.8. The lowest BCUT2D eigenvalue weighted by atomic mass is 9.93. The van der Waals surface area contributed by atoms with E-state index < -0.39 is 0 Å². The fourth-order valence-corrected chi connectivity index (χ4v) is 4.11. The van der Waals surface area contributed by atoms with Crippen LogP contribution in [0.4, 0.5) is 0 Å². The SMILES string of the molecule is Cc1ncc(CC(=O)c2cccc(C3CC3NC3CCC3)c2)s1. The Hall–Kier alpha value is -1.52. The monoisotopic (exact) mass is 326 g/mol. The molecule has 0 aliphatic heterocycles. The van der Waals surface area contributed by atoms with Crippen molar-refractivity contribution in [3.63, 3.8) is 0 Å². The van der Waals surface area contributed by atoms with Crippen LogP contribution in [0.1, 0.15) is 57.4 Å². The Kier molecular flexibility index (Phi) is 4.04. The van der Waals surface area contributed by atoms with Gasteiger partial charge in [-0.25, -0.2) is 4.98 Å². The minimum absolute atomic E-state index is 0.194. The lowest BCUT2D eigenvalue weighted by Gasteiger charge is -2.26. The number of aromatic nitrogens is 1. The van der Waals surface area contributed by atoms with E-state index in [1.807, 2.05) is 25.3 Å². The molecule has 0 bridgehead atoms. The van der Waals surface area contributed by atoms with Gasteiger partial charge in [-0.05, 0) is 37.8 Å². The van der Waals surface area contributed by atoms with E-state index in [0.717, 1.165) is 21.5 Å². The molecule has 1 heterocycles. The lowest BCUT2D eigenvalue weighted by molar-refractivity contribution is 0.0993. The van der Waals surface area contributed by atoms with Crippen LogP contribution in [0, 0.1) is 6.92 Å². The predicted molar refractivity (Wildman–Crippen MR) is 93.2 cm³/mol. The van der Waals surface area contributed by atoms with E-state index in [9.17, 15) is 4.79 Å². The van der Waals surface area contributed by atoms with Crippen LogP contribution in [0.5, 0.6) is 0 Å².